The molecule has 1 aromatic carbocycles. The van der Waals surface area contributed by atoms with Crippen molar-refractivity contribution in [2.45, 2.75) is 32.3 Å². The van der Waals surface area contributed by atoms with E-state index in [0.717, 1.165) is 5.69 Å². The molecule has 3 heteroatoms. The molecule has 1 aliphatic heterocycles. The summed E-state index contributed by atoms with van der Waals surface area (Å²) in [4.78, 5) is 2.42. The zero-order valence-corrected chi connectivity index (χ0v) is 10.7. The van der Waals surface area contributed by atoms with E-state index in [4.69, 9.17) is 0 Å². The van der Waals surface area contributed by atoms with Crippen molar-refractivity contribution in [2.24, 2.45) is 0 Å². The van der Waals surface area contributed by atoms with Gasteiger partial charge in [-0.1, -0.05) is 0 Å². The third-order valence-electron chi connectivity index (χ3n) is 3.06. The van der Waals surface area contributed by atoms with Gasteiger partial charge in [0, 0.05) is 31.0 Å². The van der Waals surface area contributed by atoms with Gasteiger partial charge in [0.2, 0.25) is 0 Å². The van der Waals surface area contributed by atoms with Crippen LogP contribution in [0.1, 0.15) is 26.7 Å². The van der Waals surface area contributed by atoms with Crippen LogP contribution in [0.25, 0.3) is 0 Å². The number of rotatable bonds is 4. The predicted molar refractivity (Wildman–Crippen MR) is 72.7 cm³/mol. The molecule has 0 amide bonds. The molecule has 0 aromatic heterocycles. The Morgan fingerprint density at radius 2 is 1.76 bits per heavy atom. The number of nitrogens with zero attached hydrogens (tertiary/aromatic N) is 1. The van der Waals surface area contributed by atoms with Crippen LogP contribution in [0.3, 0.4) is 0 Å². The van der Waals surface area contributed by atoms with Gasteiger partial charge in [-0.25, -0.2) is 0 Å². The lowest BCUT2D eigenvalue weighted by molar-refractivity contribution is 0.0945. The van der Waals surface area contributed by atoms with E-state index in [-0.39, 0.29) is 0 Å². The topological polar surface area (TPSA) is 35.5 Å². The highest BCUT2D eigenvalue weighted by atomic mass is 16.3. The van der Waals surface area contributed by atoms with Gasteiger partial charge in [0.15, 0.2) is 0 Å². The SMILES string of the molecule is CC(C)(O)CNc1ccc(N2CCCC2)cc1. The maximum absolute atomic E-state index is 9.64. The second-order valence-corrected chi connectivity index (χ2v) is 5.41. The van der Waals surface area contributed by atoms with Crippen LogP contribution in [0.5, 0.6) is 0 Å². The Bertz CT molecular complexity index is 347. The van der Waals surface area contributed by atoms with Crippen LogP contribution in [0.15, 0.2) is 24.3 Å². The van der Waals surface area contributed by atoms with Gasteiger partial charge in [-0.2, -0.15) is 0 Å². The van der Waals surface area contributed by atoms with Crippen LogP contribution in [0.2, 0.25) is 0 Å². The maximum Gasteiger partial charge on any atom is 0.0763 e. The fraction of sp³-hybridized carbons (Fsp3) is 0.571. The van der Waals surface area contributed by atoms with Crippen molar-refractivity contribution in [3.05, 3.63) is 24.3 Å². The average Bonchev–Trinajstić information content (AvgIpc) is 2.79. The van der Waals surface area contributed by atoms with Gasteiger partial charge in [-0.3, -0.25) is 0 Å². The molecule has 1 fully saturated rings. The summed E-state index contributed by atoms with van der Waals surface area (Å²) in [5, 5.41) is 12.9. The van der Waals surface area contributed by atoms with Gasteiger partial charge in [0.1, 0.15) is 0 Å². The van der Waals surface area contributed by atoms with E-state index in [0.29, 0.717) is 6.54 Å². The lowest BCUT2D eigenvalue weighted by atomic mass is 10.1. The molecule has 17 heavy (non-hydrogen) atoms. The Morgan fingerprint density at radius 3 is 2.29 bits per heavy atom. The van der Waals surface area contributed by atoms with Crippen LogP contribution in [0.4, 0.5) is 11.4 Å². The Labute approximate surface area is 103 Å². The van der Waals surface area contributed by atoms with E-state index in [9.17, 15) is 5.11 Å². The summed E-state index contributed by atoms with van der Waals surface area (Å²) < 4.78 is 0. The number of aliphatic hydroxyl groups is 1. The van der Waals surface area contributed by atoms with E-state index < -0.39 is 5.60 Å². The molecule has 0 atom stereocenters. The summed E-state index contributed by atoms with van der Waals surface area (Å²) in [6.07, 6.45) is 2.61. The van der Waals surface area contributed by atoms with Crippen LogP contribution >= 0.6 is 0 Å². The highest BCUT2D eigenvalue weighted by Crippen LogP contribution is 2.22. The summed E-state index contributed by atoms with van der Waals surface area (Å²) in [7, 11) is 0. The minimum Gasteiger partial charge on any atom is -0.389 e. The molecule has 0 spiro atoms. The third-order valence-corrected chi connectivity index (χ3v) is 3.06. The highest BCUT2D eigenvalue weighted by molar-refractivity contribution is 5.55. The summed E-state index contributed by atoms with van der Waals surface area (Å²) in [6.45, 7) is 6.53. The van der Waals surface area contributed by atoms with Crippen molar-refractivity contribution in [1.29, 1.82) is 0 Å². The molecule has 0 unspecified atom stereocenters. The zero-order valence-electron chi connectivity index (χ0n) is 10.7. The smallest absolute Gasteiger partial charge is 0.0763 e. The average molecular weight is 234 g/mol. The molecule has 1 heterocycles. The molecule has 0 radical (unpaired) electrons. The lowest BCUT2D eigenvalue weighted by Crippen LogP contribution is -2.29. The number of benzene rings is 1. The molecule has 1 aromatic rings. The molecule has 0 aliphatic carbocycles. The van der Waals surface area contributed by atoms with E-state index in [1.807, 2.05) is 0 Å². The van der Waals surface area contributed by atoms with Crippen LogP contribution in [0, 0.1) is 0 Å². The Hall–Kier alpha value is -1.22. The molecule has 94 valence electrons. The molecule has 2 rings (SSSR count). The highest BCUT2D eigenvalue weighted by Gasteiger charge is 2.13. The van der Waals surface area contributed by atoms with Gasteiger partial charge in [0.25, 0.3) is 0 Å². The van der Waals surface area contributed by atoms with Crippen molar-refractivity contribution < 1.29 is 5.11 Å². The summed E-state index contributed by atoms with van der Waals surface area (Å²) in [6, 6.07) is 8.47. The number of nitrogens with one attached hydrogen (secondary N) is 1. The third kappa shape index (κ3) is 3.63. The first-order valence-electron chi connectivity index (χ1n) is 6.36. The quantitative estimate of drug-likeness (QED) is 0.840. The van der Waals surface area contributed by atoms with Crippen molar-refractivity contribution in [1.82, 2.24) is 0 Å². The summed E-state index contributed by atoms with van der Waals surface area (Å²) >= 11 is 0. The molecule has 1 saturated heterocycles. The minimum absolute atomic E-state index is 0.566. The molecular weight excluding hydrogens is 212 g/mol. The van der Waals surface area contributed by atoms with Gasteiger partial charge in [0.05, 0.1) is 5.60 Å². The number of hydrogen-bond donors (Lipinski definition) is 2. The molecular formula is C14H22N2O. The molecule has 0 saturated carbocycles. The Morgan fingerprint density at radius 1 is 1.18 bits per heavy atom. The first-order valence-corrected chi connectivity index (χ1v) is 6.36. The van der Waals surface area contributed by atoms with Gasteiger partial charge in [-0.15, -0.1) is 0 Å². The molecule has 0 bridgehead atoms. The van der Waals surface area contributed by atoms with Crippen LogP contribution in [-0.2, 0) is 0 Å². The summed E-state index contributed by atoms with van der Waals surface area (Å²) in [5.74, 6) is 0. The predicted octanol–water partition coefficient (Wildman–Crippen LogP) is 2.47. The minimum atomic E-state index is -0.673. The fourth-order valence-electron chi connectivity index (χ4n) is 2.08. The fourth-order valence-corrected chi connectivity index (χ4v) is 2.08. The van der Waals surface area contributed by atoms with E-state index >= 15 is 0 Å². The molecule has 1 aliphatic rings. The lowest BCUT2D eigenvalue weighted by Gasteiger charge is -2.20. The van der Waals surface area contributed by atoms with E-state index in [2.05, 4.69) is 34.5 Å². The second kappa shape index (κ2) is 4.96. The maximum atomic E-state index is 9.64. The Balaban J connectivity index is 1.93. The number of anilines is 2. The van der Waals surface area contributed by atoms with Crippen molar-refractivity contribution in [2.75, 3.05) is 29.9 Å². The number of hydrogen-bond acceptors (Lipinski definition) is 3. The Kier molecular flexibility index (Phi) is 3.57. The van der Waals surface area contributed by atoms with Gasteiger partial charge >= 0.3 is 0 Å². The van der Waals surface area contributed by atoms with Crippen molar-refractivity contribution in [3.63, 3.8) is 0 Å². The first kappa shape index (κ1) is 12.2. The van der Waals surface area contributed by atoms with Crippen molar-refractivity contribution >= 4 is 11.4 Å². The van der Waals surface area contributed by atoms with Gasteiger partial charge < -0.3 is 15.3 Å². The second-order valence-electron chi connectivity index (χ2n) is 5.41. The largest absolute Gasteiger partial charge is 0.389 e. The normalized spacial score (nSPS) is 16.3. The van der Waals surface area contributed by atoms with Crippen LogP contribution in [-0.4, -0.2) is 30.3 Å². The van der Waals surface area contributed by atoms with E-state index in [1.54, 1.807) is 13.8 Å². The van der Waals surface area contributed by atoms with Crippen LogP contribution < -0.4 is 10.2 Å². The molecule has 2 N–H and O–H groups in total. The van der Waals surface area contributed by atoms with E-state index in [1.165, 1.54) is 31.6 Å². The first-order chi connectivity index (χ1) is 8.04. The zero-order chi connectivity index (χ0) is 12.3. The standard InChI is InChI=1S/C14H22N2O/c1-14(2,17)11-15-12-5-7-13(8-6-12)16-9-3-4-10-16/h5-8,15,17H,3-4,9-11H2,1-2H3. The van der Waals surface area contributed by atoms with Gasteiger partial charge in [-0.05, 0) is 51.0 Å². The monoisotopic (exact) mass is 234 g/mol. The summed E-state index contributed by atoms with van der Waals surface area (Å²) in [5.41, 5.74) is 1.69. The van der Waals surface area contributed by atoms with Crippen molar-refractivity contribution in [3.8, 4) is 0 Å². The molecule has 3 nitrogen and oxygen atoms in total.